The Labute approximate surface area is 93.5 Å². The summed E-state index contributed by atoms with van der Waals surface area (Å²) in [4.78, 5) is 3.99. The Kier molecular flexibility index (Phi) is 3.04. The summed E-state index contributed by atoms with van der Waals surface area (Å²) in [5.74, 6) is 0. The van der Waals surface area contributed by atoms with Gasteiger partial charge in [0.05, 0.1) is 6.33 Å². The van der Waals surface area contributed by atoms with Crippen LogP contribution in [0.1, 0.15) is 5.56 Å². The van der Waals surface area contributed by atoms with Crippen molar-refractivity contribution in [2.45, 2.75) is 6.42 Å². The first-order valence-electron chi connectivity index (χ1n) is 4.78. The molecule has 0 aliphatic heterocycles. The number of benzene rings is 1. The number of nitrogens with two attached hydrogens (primary N) is 1. The molecular weight excluding hydrogens is 210 g/mol. The first-order chi connectivity index (χ1) is 7.31. The molecule has 0 fully saturated rings. The van der Waals surface area contributed by atoms with Gasteiger partial charge in [-0.2, -0.15) is 0 Å². The molecule has 0 bridgehead atoms. The van der Waals surface area contributed by atoms with Gasteiger partial charge in [0.25, 0.3) is 0 Å². The van der Waals surface area contributed by atoms with Crippen LogP contribution in [0.5, 0.6) is 0 Å². The topological polar surface area (TPSA) is 43.8 Å². The van der Waals surface area contributed by atoms with E-state index in [0.29, 0.717) is 6.54 Å². The largest absolute Gasteiger partial charge is 0.330 e. The van der Waals surface area contributed by atoms with E-state index < -0.39 is 0 Å². The molecule has 2 N–H and O–H groups in total. The standard InChI is InChI=1S/C11H12ClN3/c12-11-7-10(15-6-5-14-8-15)2-1-9(11)3-4-13/h1-2,5-8H,3-4,13H2. The van der Waals surface area contributed by atoms with Gasteiger partial charge in [-0.1, -0.05) is 17.7 Å². The normalized spacial score (nSPS) is 10.5. The minimum atomic E-state index is 0.615. The van der Waals surface area contributed by atoms with Crippen molar-refractivity contribution >= 4 is 11.6 Å². The fourth-order valence-electron chi connectivity index (χ4n) is 1.47. The van der Waals surface area contributed by atoms with E-state index in [1.807, 2.05) is 29.0 Å². The van der Waals surface area contributed by atoms with Crippen LogP contribution in [-0.2, 0) is 6.42 Å². The molecule has 0 saturated heterocycles. The molecule has 0 atom stereocenters. The molecule has 0 aliphatic carbocycles. The summed E-state index contributed by atoms with van der Waals surface area (Å²) in [6, 6.07) is 5.94. The van der Waals surface area contributed by atoms with Gasteiger partial charge in [-0.25, -0.2) is 4.98 Å². The summed E-state index contributed by atoms with van der Waals surface area (Å²) >= 11 is 6.14. The zero-order valence-corrected chi connectivity index (χ0v) is 8.98. The van der Waals surface area contributed by atoms with E-state index in [1.165, 1.54) is 0 Å². The molecule has 1 aromatic heterocycles. The van der Waals surface area contributed by atoms with Crippen molar-refractivity contribution in [3.8, 4) is 5.69 Å². The zero-order valence-electron chi connectivity index (χ0n) is 8.23. The Morgan fingerprint density at radius 1 is 1.40 bits per heavy atom. The highest BCUT2D eigenvalue weighted by Gasteiger charge is 2.02. The lowest BCUT2D eigenvalue weighted by Gasteiger charge is -2.06. The Bertz CT molecular complexity index is 437. The third-order valence-corrected chi connectivity index (χ3v) is 2.60. The maximum atomic E-state index is 6.14. The van der Waals surface area contributed by atoms with Crippen LogP contribution >= 0.6 is 11.6 Å². The fraction of sp³-hybridized carbons (Fsp3) is 0.182. The van der Waals surface area contributed by atoms with Crippen LogP contribution in [0.3, 0.4) is 0 Å². The second kappa shape index (κ2) is 4.47. The first-order valence-corrected chi connectivity index (χ1v) is 5.16. The molecule has 4 heteroatoms. The Hall–Kier alpha value is -1.32. The van der Waals surface area contributed by atoms with E-state index in [1.54, 1.807) is 12.5 Å². The number of aromatic nitrogens is 2. The average molecular weight is 222 g/mol. The van der Waals surface area contributed by atoms with Crippen molar-refractivity contribution < 1.29 is 0 Å². The Morgan fingerprint density at radius 3 is 2.87 bits per heavy atom. The lowest BCUT2D eigenvalue weighted by Crippen LogP contribution is -2.03. The number of nitrogens with zero attached hydrogens (tertiary/aromatic N) is 2. The van der Waals surface area contributed by atoms with E-state index in [2.05, 4.69) is 4.98 Å². The molecule has 0 amide bonds. The monoisotopic (exact) mass is 221 g/mol. The van der Waals surface area contributed by atoms with Crippen molar-refractivity contribution in [3.05, 3.63) is 47.5 Å². The van der Waals surface area contributed by atoms with Gasteiger partial charge in [-0.15, -0.1) is 0 Å². The second-order valence-electron chi connectivity index (χ2n) is 3.28. The van der Waals surface area contributed by atoms with Crippen molar-refractivity contribution in [1.29, 1.82) is 0 Å². The first kappa shape index (κ1) is 10.2. The van der Waals surface area contributed by atoms with Crippen molar-refractivity contribution in [2.24, 2.45) is 5.73 Å². The molecule has 0 spiro atoms. The maximum absolute atomic E-state index is 6.14. The summed E-state index contributed by atoms with van der Waals surface area (Å²) in [5.41, 5.74) is 7.59. The highest BCUT2D eigenvalue weighted by Crippen LogP contribution is 2.20. The van der Waals surface area contributed by atoms with E-state index in [-0.39, 0.29) is 0 Å². The molecule has 0 aliphatic rings. The number of hydrogen-bond donors (Lipinski definition) is 1. The highest BCUT2D eigenvalue weighted by atomic mass is 35.5. The summed E-state index contributed by atoms with van der Waals surface area (Å²) < 4.78 is 1.91. The third-order valence-electron chi connectivity index (χ3n) is 2.25. The van der Waals surface area contributed by atoms with Crippen LogP contribution in [0.25, 0.3) is 5.69 Å². The molecular formula is C11H12ClN3. The molecule has 0 saturated carbocycles. The Balaban J connectivity index is 2.33. The molecule has 2 aromatic rings. The molecule has 2 rings (SSSR count). The number of halogens is 1. The smallest absolute Gasteiger partial charge is 0.0991 e. The SMILES string of the molecule is NCCc1ccc(-n2ccnc2)cc1Cl. The second-order valence-corrected chi connectivity index (χ2v) is 3.69. The molecule has 1 aromatic carbocycles. The highest BCUT2D eigenvalue weighted by molar-refractivity contribution is 6.31. The lowest BCUT2D eigenvalue weighted by molar-refractivity contribution is 0.964. The summed E-state index contributed by atoms with van der Waals surface area (Å²) in [6.07, 6.45) is 6.17. The number of imidazole rings is 1. The Morgan fingerprint density at radius 2 is 2.27 bits per heavy atom. The van der Waals surface area contributed by atoms with Gasteiger partial charge in [0.2, 0.25) is 0 Å². The van der Waals surface area contributed by atoms with E-state index >= 15 is 0 Å². The van der Waals surface area contributed by atoms with Gasteiger partial charge in [0.15, 0.2) is 0 Å². The lowest BCUT2D eigenvalue weighted by atomic mass is 10.1. The number of rotatable bonds is 3. The van der Waals surface area contributed by atoms with Gasteiger partial charge in [0, 0.05) is 23.1 Å². The molecule has 3 nitrogen and oxygen atoms in total. The zero-order chi connectivity index (χ0) is 10.7. The van der Waals surface area contributed by atoms with Crippen LogP contribution in [0.4, 0.5) is 0 Å². The minimum Gasteiger partial charge on any atom is -0.330 e. The molecule has 0 unspecified atom stereocenters. The summed E-state index contributed by atoms with van der Waals surface area (Å²) in [6.45, 7) is 0.615. The van der Waals surface area contributed by atoms with Crippen molar-refractivity contribution in [2.75, 3.05) is 6.54 Å². The van der Waals surface area contributed by atoms with E-state index in [0.717, 1.165) is 22.7 Å². The van der Waals surface area contributed by atoms with Crippen molar-refractivity contribution in [3.63, 3.8) is 0 Å². The molecule has 1 heterocycles. The molecule has 15 heavy (non-hydrogen) atoms. The van der Waals surface area contributed by atoms with Gasteiger partial charge in [0.1, 0.15) is 0 Å². The van der Waals surface area contributed by atoms with Crippen LogP contribution in [0.2, 0.25) is 5.02 Å². The van der Waals surface area contributed by atoms with Crippen molar-refractivity contribution in [1.82, 2.24) is 9.55 Å². The van der Waals surface area contributed by atoms with E-state index in [9.17, 15) is 0 Å². The number of hydrogen-bond acceptors (Lipinski definition) is 2. The van der Waals surface area contributed by atoms with Gasteiger partial charge in [-0.3, -0.25) is 0 Å². The van der Waals surface area contributed by atoms with Crippen LogP contribution in [0.15, 0.2) is 36.9 Å². The van der Waals surface area contributed by atoms with Crippen LogP contribution < -0.4 is 5.73 Å². The van der Waals surface area contributed by atoms with Gasteiger partial charge < -0.3 is 10.3 Å². The van der Waals surface area contributed by atoms with Crippen LogP contribution in [0, 0.1) is 0 Å². The summed E-state index contributed by atoms with van der Waals surface area (Å²) in [7, 11) is 0. The maximum Gasteiger partial charge on any atom is 0.0991 e. The van der Waals surface area contributed by atoms with Crippen LogP contribution in [-0.4, -0.2) is 16.1 Å². The van der Waals surface area contributed by atoms with E-state index in [4.69, 9.17) is 17.3 Å². The summed E-state index contributed by atoms with van der Waals surface area (Å²) in [5, 5.41) is 0.756. The molecule has 78 valence electrons. The fourth-order valence-corrected chi connectivity index (χ4v) is 1.74. The minimum absolute atomic E-state index is 0.615. The predicted molar refractivity (Wildman–Crippen MR) is 61.3 cm³/mol. The van der Waals surface area contributed by atoms with Gasteiger partial charge >= 0.3 is 0 Å². The molecule has 0 radical (unpaired) electrons. The van der Waals surface area contributed by atoms with Gasteiger partial charge in [-0.05, 0) is 30.7 Å². The third kappa shape index (κ3) is 2.19. The quantitative estimate of drug-likeness (QED) is 0.862. The average Bonchev–Trinajstić information content (AvgIpc) is 2.74. The predicted octanol–water partition coefficient (Wildman–Crippen LogP) is 2.03.